The summed E-state index contributed by atoms with van der Waals surface area (Å²) in [6.07, 6.45) is 1.73. The van der Waals surface area contributed by atoms with Gasteiger partial charge in [-0.05, 0) is 51.4 Å². The zero-order valence-electron chi connectivity index (χ0n) is 11.2. The van der Waals surface area contributed by atoms with Crippen LogP contribution < -0.4 is 0 Å². The molecule has 0 aliphatic heterocycles. The molecule has 2 heteroatoms. The summed E-state index contributed by atoms with van der Waals surface area (Å²) in [7, 11) is 3.93. The average molecular weight is 231 g/mol. The number of rotatable bonds is 4. The Bertz CT molecular complexity index is 434. The number of hydrogen-bond donors (Lipinski definition) is 0. The molecule has 0 fully saturated rings. The molecular weight excluding hydrogens is 210 g/mol. The molecule has 2 rings (SSSR count). The lowest BCUT2D eigenvalue weighted by Gasteiger charge is -2.35. The van der Waals surface area contributed by atoms with E-state index in [-0.39, 0.29) is 5.54 Å². The van der Waals surface area contributed by atoms with Gasteiger partial charge in [-0.15, -0.1) is 0 Å². The van der Waals surface area contributed by atoms with Gasteiger partial charge in [-0.1, -0.05) is 24.3 Å². The lowest BCUT2D eigenvalue weighted by atomic mass is 9.73. The predicted molar refractivity (Wildman–Crippen MR) is 70.3 cm³/mol. The number of hydrogen-bond acceptors (Lipinski definition) is 2. The Morgan fingerprint density at radius 1 is 1.35 bits per heavy atom. The minimum atomic E-state index is -0.357. The highest BCUT2D eigenvalue weighted by molar-refractivity contribution is 5.88. The van der Waals surface area contributed by atoms with Crippen molar-refractivity contribution in [3.05, 3.63) is 35.4 Å². The van der Waals surface area contributed by atoms with Crippen LogP contribution in [0.3, 0.4) is 0 Å². The fourth-order valence-corrected chi connectivity index (χ4v) is 2.27. The number of benzene rings is 1. The monoisotopic (exact) mass is 231 g/mol. The second kappa shape index (κ2) is 4.26. The van der Waals surface area contributed by atoms with E-state index in [9.17, 15) is 4.79 Å². The van der Waals surface area contributed by atoms with Crippen LogP contribution in [0.25, 0.3) is 0 Å². The molecule has 0 amide bonds. The molecule has 0 aromatic heterocycles. The van der Waals surface area contributed by atoms with Crippen molar-refractivity contribution in [2.24, 2.45) is 0 Å². The maximum Gasteiger partial charge on any atom is 0.153 e. The second-order valence-electron chi connectivity index (χ2n) is 5.68. The molecule has 1 aromatic rings. The van der Waals surface area contributed by atoms with Crippen LogP contribution in [-0.2, 0) is 11.2 Å². The maximum absolute atomic E-state index is 12.3. The van der Waals surface area contributed by atoms with Gasteiger partial charge in [0.2, 0.25) is 0 Å². The molecule has 0 heterocycles. The molecule has 1 aromatic carbocycles. The van der Waals surface area contributed by atoms with Crippen molar-refractivity contribution in [2.75, 3.05) is 14.1 Å². The van der Waals surface area contributed by atoms with Gasteiger partial charge in [0.25, 0.3) is 0 Å². The van der Waals surface area contributed by atoms with Crippen LogP contribution in [0, 0.1) is 0 Å². The lowest BCUT2D eigenvalue weighted by molar-refractivity contribution is -0.128. The first-order valence-electron chi connectivity index (χ1n) is 6.21. The molecule has 1 aliphatic carbocycles. The Morgan fingerprint density at radius 2 is 2.00 bits per heavy atom. The molecule has 0 bridgehead atoms. The van der Waals surface area contributed by atoms with E-state index in [1.54, 1.807) is 0 Å². The van der Waals surface area contributed by atoms with Gasteiger partial charge in [-0.25, -0.2) is 0 Å². The van der Waals surface area contributed by atoms with Gasteiger partial charge in [-0.3, -0.25) is 9.69 Å². The molecule has 1 unspecified atom stereocenters. The summed E-state index contributed by atoms with van der Waals surface area (Å²) in [6, 6.07) is 8.44. The van der Waals surface area contributed by atoms with Crippen LogP contribution in [0.1, 0.15) is 37.3 Å². The lowest BCUT2D eigenvalue weighted by Crippen LogP contribution is -2.46. The van der Waals surface area contributed by atoms with Gasteiger partial charge in [-0.2, -0.15) is 0 Å². The van der Waals surface area contributed by atoms with E-state index in [1.807, 2.05) is 32.8 Å². The molecule has 1 atom stereocenters. The molecule has 0 N–H and O–H groups in total. The van der Waals surface area contributed by atoms with Crippen molar-refractivity contribution in [2.45, 2.75) is 38.1 Å². The first-order valence-corrected chi connectivity index (χ1v) is 6.21. The molecule has 2 nitrogen and oxygen atoms in total. The topological polar surface area (TPSA) is 20.3 Å². The standard InChI is InChI=1S/C15H21NO/c1-15(2,16(3)4)14(17)10-12-9-11-7-5-6-8-13(11)12/h5-8,12H,9-10H2,1-4H3. The third-order valence-electron chi connectivity index (χ3n) is 4.19. The van der Waals surface area contributed by atoms with E-state index in [0.717, 1.165) is 6.42 Å². The Balaban J connectivity index is 2.04. The summed E-state index contributed by atoms with van der Waals surface area (Å²) < 4.78 is 0. The average Bonchev–Trinajstić information content (AvgIpc) is 2.25. The first-order chi connectivity index (χ1) is 7.93. The van der Waals surface area contributed by atoms with Gasteiger partial charge in [0, 0.05) is 6.42 Å². The van der Waals surface area contributed by atoms with E-state index < -0.39 is 0 Å². The number of likely N-dealkylation sites (N-methyl/N-ethyl adjacent to an activating group) is 1. The predicted octanol–water partition coefficient (Wildman–Crippen LogP) is 2.63. The summed E-state index contributed by atoms with van der Waals surface area (Å²) in [4.78, 5) is 14.3. The van der Waals surface area contributed by atoms with Crippen LogP contribution in [-0.4, -0.2) is 30.3 Å². The Kier molecular flexibility index (Phi) is 3.09. The molecule has 0 radical (unpaired) electrons. The van der Waals surface area contributed by atoms with E-state index in [4.69, 9.17) is 0 Å². The van der Waals surface area contributed by atoms with E-state index >= 15 is 0 Å². The van der Waals surface area contributed by atoms with Crippen LogP contribution in [0.5, 0.6) is 0 Å². The summed E-state index contributed by atoms with van der Waals surface area (Å²) in [5, 5.41) is 0. The van der Waals surface area contributed by atoms with E-state index in [0.29, 0.717) is 18.1 Å². The zero-order chi connectivity index (χ0) is 12.6. The smallest absolute Gasteiger partial charge is 0.153 e. The van der Waals surface area contributed by atoms with Gasteiger partial charge in [0.15, 0.2) is 5.78 Å². The number of nitrogens with zero attached hydrogens (tertiary/aromatic N) is 1. The van der Waals surface area contributed by atoms with Crippen LogP contribution >= 0.6 is 0 Å². The molecule has 1 aliphatic rings. The number of fused-ring (bicyclic) bond motifs is 1. The SMILES string of the molecule is CN(C)C(C)(C)C(=O)CC1Cc2ccccc21. The first kappa shape index (κ1) is 12.3. The van der Waals surface area contributed by atoms with E-state index in [2.05, 4.69) is 24.3 Å². The summed E-state index contributed by atoms with van der Waals surface area (Å²) >= 11 is 0. The highest BCUT2D eigenvalue weighted by Gasteiger charge is 2.35. The number of carbonyl (C=O) groups excluding carboxylic acids is 1. The Morgan fingerprint density at radius 3 is 2.59 bits per heavy atom. The third kappa shape index (κ3) is 2.14. The molecule has 0 saturated carbocycles. The Labute approximate surface area is 104 Å². The fraction of sp³-hybridized carbons (Fsp3) is 0.533. The minimum Gasteiger partial charge on any atom is -0.298 e. The minimum absolute atomic E-state index is 0.335. The van der Waals surface area contributed by atoms with Crippen molar-refractivity contribution >= 4 is 5.78 Å². The molecule has 0 saturated heterocycles. The summed E-state index contributed by atoms with van der Waals surface area (Å²) in [5.41, 5.74) is 2.42. The number of carbonyl (C=O) groups is 1. The van der Waals surface area contributed by atoms with Gasteiger partial charge in [0.05, 0.1) is 5.54 Å². The second-order valence-corrected chi connectivity index (χ2v) is 5.68. The van der Waals surface area contributed by atoms with Crippen molar-refractivity contribution in [3.8, 4) is 0 Å². The quantitative estimate of drug-likeness (QED) is 0.794. The summed E-state index contributed by atoms with van der Waals surface area (Å²) in [6.45, 7) is 4.00. The van der Waals surface area contributed by atoms with Crippen molar-refractivity contribution in [1.82, 2.24) is 4.90 Å². The van der Waals surface area contributed by atoms with Crippen molar-refractivity contribution < 1.29 is 4.79 Å². The van der Waals surface area contributed by atoms with Gasteiger partial charge < -0.3 is 0 Å². The molecule has 0 spiro atoms. The fourth-order valence-electron chi connectivity index (χ4n) is 2.27. The number of ketones is 1. The van der Waals surface area contributed by atoms with Crippen LogP contribution in [0.15, 0.2) is 24.3 Å². The van der Waals surface area contributed by atoms with E-state index in [1.165, 1.54) is 11.1 Å². The van der Waals surface area contributed by atoms with Gasteiger partial charge >= 0.3 is 0 Å². The van der Waals surface area contributed by atoms with Crippen molar-refractivity contribution in [1.29, 1.82) is 0 Å². The molecular formula is C15H21NO. The van der Waals surface area contributed by atoms with Crippen LogP contribution in [0.2, 0.25) is 0 Å². The summed E-state index contributed by atoms with van der Waals surface area (Å²) in [5.74, 6) is 0.778. The van der Waals surface area contributed by atoms with Crippen molar-refractivity contribution in [3.63, 3.8) is 0 Å². The normalized spacial score (nSPS) is 18.8. The largest absolute Gasteiger partial charge is 0.298 e. The number of Topliss-reactive ketones (excluding diaryl/α,β-unsaturated/α-hetero) is 1. The Hall–Kier alpha value is -1.15. The molecule has 92 valence electrons. The maximum atomic E-state index is 12.3. The third-order valence-corrected chi connectivity index (χ3v) is 4.19. The highest BCUT2D eigenvalue weighted by atomic mass is 16.1. The molecule has 17 heavy (non-hydrogen) atoms. The van der Waals surface area contributed by atoms with Crippen LogP contribution in [0.4, 0.5) is 0 Å². The highest BCUT2D eigenvalue weighted by Crippen LogP contribution is 2.38. The zero-order valence-corrected chi connectivity index (χ0v) is 11.2. The van der Waals surface area contributed by atoms with Gasteiger partial charge in [0.1, 0.15) is 0 Å².